The first-order valence-corrected chi connectivity index (χ1v) is 10.1. The fraction of sp³-hybridized carbons (Fsp3) is 1.00. The second-order valence-corrected chi connectivity index (χ2v) is 8.64. The third-order valence-corrected chi connectivity index (χ3v) is 5.29. The minimum Gasteiger partial charge on any atom is -0.390 e. The molecule has 5 nitrogen and oxygen atoms in total. The normalized spacial score (nSPS) is 17.6. The Morgan fingerprint density at radius 2 is 1.40 bits per heavy atom. The van der Waals surface area contributed by atoms with Gasteiger partial charge >= 0.3 is 0 Å². The lowest BCUT2D eigenvalue weighted by Crippen LogP contribution is -2.41. The van der Waals surface area contributed by atoms with Crippen molar-refractivity contribution in [2.45, 2.75) is 104 Å². The largest absolute Gasteiger partial charge is 0.390 e. The van der Waals surface area contributed by atoms with Crippen LogP contribution in [0.15, 0.2) is 5.11 Å². The molecule has 0 radical (unpaired) electrons. The number of aliphatic hydroxyl groups is 2. The average Bonchev–Trinajstić information content (AvgIpc) is 2.51. The molecule has 2 N–H and O–H groups in total. The summed E-state index contributed by atoms with van der Waals surface area (Å²) in [5, 5.41) is 23.5. The molecule has 0 amide bonds. The zero-order valence-electron chi connectivity index (χ0n) is 17.1. The van der Waals surface area contributed by atoms with Crippen LogP contribution in [0.3, 0.4) is 0 Å². The van der Waals surface area contributed by atoms with Gasteiger partial charge in [-0.15, -0.1) is 0 Å². The maximum atomic E-state index is 10.3. The Hall–Kier alpha value is -0.770. The first kappa shape index (κ1) is 24.2. The molecule has 0 saturated carbocycles. The molecule has 148 valence electrons. The Morgan fingerprint density at radius 3 is 1.88 bits per heavy atom. The van der Waals surface area contributed by atoms with Crippen molar-refractivity contribution >= 4 is 0 Å². The van der Waals surface area contributed by atoms with Crippen LogP contribution >= 0.6 is 0 Å². The molecule has 2 unspecified atom stereocenters. The van der Waals surface area contributed by atoms with E-state index in [1.807, 2.05) is 0 Å². The van der Waals surface area contributed by atoms with Gasteiger partial charge in [-0.05, 0) is 36.6 Å². The molecule has 0 heterocycles. The van der Waals surface area contributed by atoms with Gasteiger partial charge in [0.25, 0.3) is 0 Å². The number of rotatable bonds is 15. The van der Waals surface area contributed by atoms with Crippen molar-refractivity contribution in [2.24, 2.45) is 22.9 Å². The van der Waals surface area contributed by atoms with Gasteiger partial charge in [-0.2, -0.15) is 0 Å². The van der Waals surface area contributed by atoms with E-state index in [-0.39, 0.29) is 6.54 Å². The monoisotopic (exact) mass is 355 g/mol. The van der Waals surface area contributed by atoms with Crippen LogP contribution in [0.1, 0.15) is 92.4 Å². The average molecular weight is 356 g/mol. The van der Waals surface area contributed by atoms with Crippen LogP contribution < -0.4 is 0 Å². The number of hydrogen-bond acceptors (Lipinski definition) is 3. The van der Waals surface area contributed by atoms with Gasteiger partial charge in [0.05, 0.1) is 18.2 Å². The lowest BCUT2D eigenvalue weighted by molar-refractivity contribution is -0.0634. The molecule has 25 heavy (non-hydrogen) atoms. The predicted molar refractivity (Wildman–Crippen MR) is 105 cm³/mol. The third kappa shape index (κ3) is 13.1. The van der Waals surface area contributed by atoms with Crippen molar-refractivity contribution in [3.8, 4) is 0 Å². The van der Waals surface area contributed by atoms with E-state index in [9.17, 15) is 10.2 Å². The fourth-order valence-electron chi connectivity index (χ4n) is 3.26. The molecule has 0 aromatic rings. The van der Waals surface area contributed by atoms with Gasteiger partial charge in [0, 0.05) is 4.91 Å². The van der Waals surface area contributed by atoms with Crippen molar-refractivity contribution in [1.29, 1.82) is 0 Å². The molecule has 0 fully saturated rings. The number of azide groups is 1. The first-order valence-electron chi connectivity index (χ1n) is 10.1. The van der Waals surface area contributed by atoms with E-state index in [1.54, 1.807) is 6.92 Å². The lowest BCUT2D eigenvalue weighted by atomic mass is 9.88. The highest BCUT2D eigenvalue weighted by molar-refractivity contribution is 4.83. The Kier molecular flexibility index (Phi) is 13.0. The van der Waals surface area contributed by atoms with E-state index in [0.29, 0.717) is 12.3 Å². The van der Waals surface area contributed by atoms with Crippen molar-refractivity contribution in [3.63, 3.8) is 0 Å². The summed E-state index contributed by atoms with van der Waals surface area (Å²) in [4.78, 5) is 2.63. The van der Waals surface area contributed by atoms with Gasteiger partial charge < -0.3 is 10.2 Å². The van der Waals surface area contributed by atoms with Gasteiger partial charge in [0.2, 0.25) is 0 Å². The third-order valence-electron chi connectivity index (χ3n) is 5.29. The van der Waals surface area contributed by atoms with E-state index in [4.69, 9.17) is 5.53 Å². The van der Waals surface area contributed by atoms with Gasteiger partial charge in [-0.3, -0.25) is 0 Å². The summed E-state index contributed by atoms with van der Waals surface area (Å²) in [6.45, 7) is 10.8. The van der Waals surface area contributed by atoms with Crippen LogP contribution in [0.5, 0.6) is 0 Å². The zero-order valence-corrected chi connectivity index (χ0v) is 17.1. The molecular formula is C20H41N3O2. The fourth-order valence-corrected chi connectivity index (χ4v) is 3.26. The van der Waals surface area contributed by atoms with E-state index in [0.717, 1.165) is 24.7 Å². The molecule has 5 heteroatoms. The highest BCUT2D eigenvalue weighted by Crippen LogP contribution is 2.24. The molecule has 0 rings (SSSR count). The quantitative estimate of drug-likeness (QED) is 0.219. The second-order valence-electron chi connectivity index (χ2n) is 8.64. The SMILES string of the molecule is CC(C)CCC[C@@H](C)CCC[C@@H](C)CCCC(C)(O)C(O)CN=[N+]=[N-]. The molecule has 0 saturated heterocycles. The molecule has 0 aliphatic carbocycles. The summed E-state index contributed by atoms with van der Waals surface area (Å²) >= 11 is 0. The van der Waals surface area contributed by atoms with E-state index < -0.39 is 11.7 Å². The lowest BCUT2D eigenvalue weighted by Gasteiger charge is -2.28. The molecule has 4 atom stereocenters. The Labute approximate surface area is 154 Å². The maximum Gasteiger partial charge on any atom is 0.0880 e. The van der Waals surface area contributed by atoms with E-state index in [1.165, 1.54) is 38.5 Å². The van der Waals surface area contributed by atoms with Crippen molar-refractivity contribution in [1.82, 2.24) is 0 Å². The highest BCUT2D eigenvalue weighted by Gasteiger charge is 2.29. The molecule has 0 aromatic heterocycles. The Balaban J connectivity index is 3.82. The topological polar surface area (TPSA) is 89.2 Å². The zero-order chi connectivity index (χ0) is 19.3. The molecule has 0 aliphatic rings. The van der Waals surface area contributed by atoms with Crippen molar-refractivity contribution < 1.29 is 10.2 Å². The highest BCUT2D eigenvalue weighted by atomic mass is 16.3. The summed E-state index contributed by atoms with van der Waals surface area (Å²) in [5.41, 5.74) is 7.11. The number of aliphatic hydroxyl groups excluding tert-OH is 1. The summed E-state index contributed by atoms with van der Waals surface area (Å²) in [7, 11) is 0. The smallest absolute Gasteiger partial charge is 0.0880 e. The van der Waals surface area contributed by atoms with Gasteiger partial charge in [0.1, 0.15) is 0 Å². The Bertz CT molecular complexity index is 379. The number of hydrogen-bond donors (Lipinski definition) is 2. The van der Waals surface area contributed by atoms with Crippen LogP contribution in [0, 0.1) is 17.8 Å². The molecule has 0 aliphatic heterocycles. The van der Waals surface area contributed by atoms with Crippen LogP contribution in [-0.4, -0.2) is 28.5 Å². The van der Waals surface area contributed by atoms with Crippen molar-refractivity contribution in [3.05, 3.63) is 10.4 Å². The summed E-state index contributed by atoms with van der Waals surface area (Å²) in [5.74, 6) is 2.28. The maximum absolute atomic E-state index is 10.3. The summed E-state index contributed by atoms with van der Waals surface area (Å²) in [6, 6.07) is 0. The van der Waals surface area contributed by atoms with Crippen LogP contribution in [0.4, 0.5) is 0 Å². The summed E-state index contributed by atoms with van der Waals surface area (Å²) in [6.07, 6.45) is 9.34. The minimum absolute atomic E-state index is 0.0756. The summed E-state index contributed by atoms with van der Waals surface area (Å²) < 4.78 is 0. The molecule has 0 spiro atoms. The molecular weight excluding hydrogens is 314 g/mol. The van der Waals surface area contributed by atoms with Crippen LogP contribution in [-0.2, 0) is 0 Å². The number of nitrogens with zero attached hydrogens (tertiary/aromatic N) is 3. The minimum atomic E-state index is -1.18. The van der Waals surface area contributed by atoms with Gasteiger partial charge in [-0.1, -0.05) is 84.2 Å². The van der Waals surface area contributed by atoms with E-state index >= 15 is 0 Å². The Morgan fingerprint density at radius 1 is 0.920 bits per heavy atom. The van der Waals surface area contributed by atoms with Crippen LogP contribution in [0.25, 0.3) is 10.4 Å². The second kappa shape index (κ2) is 13.4. The first-order chi connectivity index (χ1) is 11.7. The molecule has 0 bridgehead atoms. The van der Waals surface area contributed by atoms with Crippen LogP contribution in [0.2, 0.25) is 0 Å². The predicted octanol–water partition coefficient (Wildman–Crippen LogP) is 5.85. The van der Waals surface area contributed by atoms with Gasteiger partial charge in [0.15, 0.2) is 0 Å². The molecule has 0 aromatic carbocycles. The van der Waals surface area contributed by atoms with Gasteiger partial charge in [-0.25, -0.2) is 0 Å². The standard InChI is InChI=1S/C20H41N3O2/c1-16(2)9-6-10-17(3)11-7-12-18(4)13-8-14-20(5,25)19(24)15-22-23-21/h16-19,24-25H,6-15H2,1-5H3/t17-,18-,19?,20?/m1/s1. The van der Waals surface area contributed by atoms with E-state index in [2.05, 4.69) is 37.7 Å². The van der Waals surface area contributed by atoms with Crippen molar-refractivity contribution in [2.75, 3.05) is 6.54 Å².